The summed E-state index contributed by atoms with van der Waals surface area (Å²) >= 11 is 0. The number of methoxy groups -OCH3 is 1. The first-order valence-electron chi connectivity index (χ1n) is 6.57. The summed E-state index contributed by atoms with van der Waals surface area (Å²) in [6.45, 7) is 6.89. The summed E-state index contributed by atoms with van der Waals surface area (Å²) in [5.74, 6) is 0.338. The molecule has 2 nitrogen and oxygen atoms in total. The number of ketones is 1. The summed E-state index contributed by atoms with van der Waals surface area (Å²) in [6, 6.07) is 0. The lowest BCUT2D eigenvalue weighted by atomic mass is 9.81. The summed E-state index contributed by atoms with van der Waals surface area (Å²) in [5, 5.41) is 0. The topological polar surface area (TPSA) is 26.3 Å². The molecule has 0 N–H and O–H groups in total. The Hall–Kier alpha value is -0.370. The molecule has 0 aromatic heterocycles. The van der Waals surface area contributed by atoms with Gasteiger partial charge in [0.1, 0.15) is 5.78 Å². The van der Waals surface area contributed by atoms with E-state index in [4.69, 9.17) is 4.74 Å². The number of unbranched alkanes of at least 4 members (excludes halogenated alkanes) is 4. The predicted octanol–water partition coefficient (Wildman–Crippen LogP) is 3.98. The zero-order valence-corrected chi connectivity index (χ0v) is 11.5. The maximum atomic E-state index is 11.9. The highest BCUT2D eigenvalue weighted by Crippen LogP contribution is 2.26. The van der Waals surface area contributed by atoms with Crippen LogP contribution in [0.1, 0.15) is 65.7 Å². The van der Waals surface area contributed by atoms with Gasteiger partial charge in [0.05, 0.1) is 6.61 Å². The van der Waals surface area contributed by atoms with Crippen LogP contribution in [0.4, 0.5) is 0 Å². The van der Waals surface area contributed by atoms with Gasteiger partial charge in [-0.3, -0.25) is 4.79 Å². The molecule has 0 amide bonds. The van der Waals surface area contributed by atoms with Crippen LogP contribution in [0.25, 0.3) is 0 Å². The minimum absolute atomic E-state index is 0.162. The zero-order valence-electron chi connectivity index (χ0n) is 11.5. The molecule has 0 radical (unpaired) electrons. The van der Waals surface area contributed by atoms with E-state index in [2.05, 4.69) is 20.8 Å². The maximum absolute atomic E-state index is 11.9. The highest BCUT2D eigenvalue weighted by atomic mass is 16.5. The summed E-state index contributed by atoms with van der Waals surface area (Å²) in [5.41, 5.74) is -0.162. The Bertz CT molecular complexity index is 185. The van der Waals surface area contributed by atoms with Gasteiger partial charge in [0.25, 0.3) is 0 Å². The molecule has 0 fully saturated rings. The van der Waals surface area contributed by atoms with Crippen molar-refractivity contribution in [3.8, 4) is 0 Å². The fourth-order valence-corrected chi connectivity index (χ4v) is 1.84. The van der Waals surface area contributed by atoms with Gasteiger partial charge in [-0.05, 0) is 6.42 Å². The third-order valence-electron chi connectivity index (χ3n) is 3.19. The van der Waals surface area contributed by atoms with E-state index in [1.54, 1.807) is 7.11 Å². The van der Waals surface area contributed by atoms with E-state index in [-0.39, 0.29) is 5.41 Å². The number of hydrogen-bond donors (Lipinski definition) is 0. The van der Waals surface area contributed by atoms with Crippen molar-refractivity contribution in [2.24, 2.45) is 5.41 Å². The van der Waals surface area contributed by atoms with Crippen LogP contribution in [-0.4, -0.2) is 19.5 Å². The quantitative estimate of drug-likeness (QED) is 0.529. The Morgan fingerprint density at radius 3 is 2.31 bits per heavy atom. The van der Waals surface area contributed by atoms with E-state index >= 15 is 0 Å². The van der Waals surface area contributed by atoms with Gasteiger partial charge in [-0.15, -0.1) is 0 Å². The fraction of sp³-hybridized carbons (Fsp3) is 0.929. The number of carbonyl (C=O) groups excluding carboxylic acids is 1. The third-order valence-corrected chi connectivity index (χ3v) is 3.19. The highest BCUT2D eigenvalue weighted by molar-refractivity contribution is 5.84. The van der Waals surface area contributed by atoms with E-state index in [1.807, 2.05) is 0 Å². The summed E-state index contributed by atoms with van der Waals surface area (Å²) < 4.78 is 4.94. The number of Topliss-reactive ketones (excluding diaryl/α,β-unsaturated/α-hetero) is 1. The molecule has 0 spiro atoms. The van der Waals surface area contributed by atoms with Crippen LogP contribution >= 0.6 is 0 Å². The standard InChI is InChI=1S/C14H28O2/c1-5-6-7-8-9-11-14(2,3)13(15)10-12-16-4/h5-12H2,1-4H3. The monoisotopic (exact) mass is 228 g/mol. The SMILES string of the molecule is CCCCCCCC(C)(C)C(=O)CCOC. The molecule has 0 aliphatic heterocycles. The minimum Gasteiger partial charge on any atom is -0.384 e. The van der Waals surface area contributed by atoms with Crippen LogP contribution in [-0.2, 0) is 9.53 Å². The van der Waals surface area contributed by atoms with Gasteiger partial charge < -0.3 is 4.74 Å². The van der Waals surface area contributed by atoms with Gasteiger partial charge in [-0.25, -0.2) is 0 Å². The number of hydrogen-bond acceptors (Lipinski definition) is 2. The van der Waals surface area contributed by atoms with Crippen LogP contribution in [0.15, 0.2) is 0 Å². The lowest BCUT2D eigenvalue weighted by molar-refractivity contribution is -0.128. The van der Waals surface area contributed by atoms with Gasteiger partial charge in [0.15, 0.2) is 0 Å². The molecule has 0 bridgehead atoms. The first-order valence-corrected chi connectivity index (χ1v) is 6.57. The number of ether oxygens (including phenoxy) is 1. The Morgan fingerprint density at radius 2 is 1.75 bits per heavy atom. The third kappa shape index (κ3) is 7.00. The van der Waals surface area contributed by atoms with Gasteiger partial charge in [0, 0.05) is 18.9 Å². The molecule has 0 aliphatic carbocycles. The van der Waals surface area contributed by atoms with Crippen molar-refractivity contribution in [2.45, 2.75) is 65.7 Å². The molecule has 16 heavy (non-hydrogen) atoms. The summed E-state index contributed by atoms with van der Waals surface area (Å²) in [6.07, 6.45) is 7.89. The fourth-order valence-electron chi connectivity index (χ4n) is 1.84. The smallest absolute Gasteiger partial charge is 0.140 e. The van der Waals surface area contributed by atoms with Crippen molar-refractivity contribution in [1.82, 2.24) is 0 Å². The Balaban J connectivity index is 3.71. The molecule has 0 atom stereocenters. The first-order chi connectivity index (χ1) is 7.54. The van der Waals surface area contributed by atoms with Crippen LogP contribution in [0, 0.1) is 5.41 Å². The van der Waals surface area contributed by atoms with E-state index in [9.17, 15) is 4.79 Å². The van der Waals surface area contributed by atoms with Crippen molar-refractivity contribution < 1.29 is 9.53 Å². The van der Waals surface area contributed by atoms with Crippen LogP contribution < -0.4 is 0 Å². The van der Waals surface area contributed by atoms with Crippen LogP contribution in [0.5, 0.6) is 0 Å². The molecule has 0 rings (SSSR count). The van der Waals surface area contributed by atoms with Gasteiger partial charge in [-0.2, -0.15) is 0 Å². The van der Waals surface area contributed by atoms with E-state index in [0.29, 0.717) is 18.8 Å². The first kappa shape index (κ1) is 15.6. The average molecular weight is 228 g/mol. The predicted molar refractivity (Wildman–Crippen MR) is 68.7 cm³/mol. The normalized spacial score (nSPS) is 11.8. The van der Waals surface area contributed by atoms with Crippen LogP contribution in [0.2, 0.25) is 0 Å². The van der Waals surface area contributed by atoms with Crippen molar-refractivity contribution in [3.05, 3.63) is 0 Å². The second-order valence-corrected chi connectivity index (χ2v) is 5.21. The largest absolute Gasteiger partial charge is 0.384 e. The van der Waals surface area contributed by atoms with E-state index < -0.39 is 0 Å². The second-order valence-electron chi connectivity index (χ2n) is 5.21. The second kappa shape index (κ2) is 8.74. The van der Waals surface area contributed by atoms with Crippen LogP contribution in [0.3, 0.4) is 0 Å². The Morgan fingerprint density at radius 1 is 1.12 bits per heavy atom. The molecule has 0 unspecified atom stereocenters. The van der Waals surface area contributed by atoms with Crippen molar-refractivity contribution in [2.75, 3.05) is 13.7 Å². The average Bonchev–Trinajstić information content (AvgIpc) is 2.25. The molecule has 0 aromatic carbocycles. The molecule has 0 aliphatic rings. The molecule has 2 heteroatoms. The lowest BCUT2D eigenvalue weighted by Gasteiger charge is -2.22. The lowest BCUT2D eigenvalue weighted by Crippen LogP contribution is -2.25. The number of carbonyl (C=O) groups is 1. The zero-order chi connectivity index (χ0) is 12.4. The van der Waals surface area contributed by atoms with E-state index in [0.717, 1.165) is 6.42 Å². The summed E-state index contributed by atoms with van der Waals surface area (Å²) in [7, 11) is 1.64. The van der Waals surface area contributed by atoms with Crippen molar-refractivity contribution >= 4 is 5.78 Å². The van der Waals surface area contributed by atoms with Gasteiger partial charge in [-0.1, -0.05) is 52.9 Å². The molecular weight excluding hydrogens is 200 g/mol. The van der Waals surface area contributed by atoms with Crippen molar-refractivity contribution in [3.63, 3.8) is 0 Å². The van der Waals surface area contributed by atoms with Gasteiger partial charge in [0.2, 0.25) is 0 Å². The van der Waals surface area contributed by atoms with Gasteiger partial charge >= 0.3 is 0 Å². The van der Waals surface area contributed by atoms with Crippen molar-refractivity contribution in [1.29, 1.82) is 0 Å². The highest BCUT2D eigenvalue weighted by Gasteiger charge is 2.25. The maximum Gasteiger partial charge on any atom is 0.140 e. The molecule has 96 valence electrons. The number of rotatable bonds is 10. The molecule has 0 aromatic rings. The molecular formula is C14H28O2. The Kier molecular flexibility index (Phi) is 8.54. The molecule has 0 saturated heterocycles. The Labute approximate surface area is 101 Å². The van der Waals surface area contributed by atoms with E-state index in [1.165, 1.54) is 32.1 Å². The molecule has 0 heterocycles. The molecule has 0 saturated carbocycles. The minimum atomic E-state index is -0.162. The summed E-state index contributed by atoms with van der Waals surface area (Å²) in [4.78, 5) is 11.9.